The smallest absolute Gasteiger partial charge is 0.239 e. The summed E-state index contributed by atoms with van der Waals surface area (Å²) in [4.78, 5) is 11.6. The average Bonchev–Trinajstić information content (AvgIpc) is 2.10. The molecule has 0 radical (unpaired) electrons. The van der Waals surface area contributed by atoms with Gasteiger partial charge in [-0.25, -0.2) is 0 Å². The van der Waals surface area contributed by atoms with Gasteiger partial charge in [-0.1, -0.05) is 23.2 Å². The van der Waals surface area contributed by atoms with Crippen molar-refractivity contribution >= 4 is 34.8 Å². The van der Waals surface area contributed by atoms with Crippen LogP contribution in [-0.2, 0) is 4.79 Å². The van der Waals surface area contributed by atoms with E-state index < -0.39 is 0 Å². The summed E-state index contributed by atoms with van der Waals surface area (Å²) in [6.45, 7) is 5.98. The predicted octanol–water partition coefficient (Wildman–Crippen LogP) is 3.32. The molecular weight excluding hydrogens is 259 g/mol. The van der Waals surface area contributed by atoms with Gasteiger partial charge in [0.05, 0.1) is 6.54 Å². The van der Waals surface area contributed by atoms with E-state index in [4.69, 9.17) is 23.2 Å². The van der Waals surface area contributed by atoms with Crippen molar-refractivity contribution in [1.82, 2.24) is 5.32 Å². The molecule has 0 aromatic heterocycles. The highest BCUT2D eigenvalue weighted by atomic mass is 35.5. The number of carbonyl (C=O) groups is 1. The van der Waals surface area contributed by atoms with E-state index in [1.807, 2.05) is 20.8 Å². The van der Waals surface area contributed by atoms with E-state index >= 15 is 0 Å². The Morgan fingerprint density at radius 1 is 1.18 bits per heavy atom. The molecule has 3 nitrogen and oxygen atoms in total. The Kier molecular flexibility index (Phi) is 4.66. The third kappa shape index (κ3) is 5.80. The number of amides is 1. The predicted molar refractivity (Wildman–Crippen MR) is 72.8 cm³/mol. The molecule has 1 amide bonds. The van der Waals surface area contributed by atoms with E-state index in [9.17, 15) is 4.79 Å². The summed E-state index contributed by atoms with van der Waals surface area (Å²) in [6.07, 6.45) is 0. The molecule has 2 N–H and O–H groups in total. The first-order valence-corrected chi connectivity index (χ1v) is 6.03. The number of hydrogen-bond acceptors (Lipinski definition) is 2. The molecule has 0 saturated heterocycles. The molecule has 5 heteroatoms. The molecule has 0 unspecified atom stereocenters. The zero-order valence-corrected chi connectivity index (χ0v) is 11.6. The van der Waals surface area contributed by atoms with Crippen molar-refractivity contribution in [3.63, 3.8) is 0 Å². The van der Waals surface area contributed by atoms with Crippen LogP contribution < -0.4 is 10.6 Å². The van der Waals surface area contributed by atoms with Crippen molar-refractivity contribution in [1.29, 1.82) is 0 Å². The van der Waals surface area contributed by atoms with Crippen LogP contribution in [0, 0.1) is 0 Å². The molecule has 0 atom stereocenters. The first kappa shape index (κ1) is 14.1. The Morgan fingerprint density at radius 3 is 2.18 bits per heavy atom. The van der Waals surface area contributed by atoms with Crippen molar-refractivity contribution in [3.05, 3.63) is 28.2 Å². The van der Waals surface area contributed by atoms with Crippen LogP contribution in [0.5, 0.6) is 0 Å². The van der Waals surface area contributed by atoms with Crippen LogP contribution in [0.4, 0.5) is 5.69 Å². The third-order valence-corrected chi connectivity index (χ3v) is 2.27. The number of nitrogens with one attached hydrogen (secondary N) is 2. The van der Waals surface area contributed by atoms with E-state index in [2.05, 4.69) is 10.6 Å². The molecule has 0 bridgehead atoms. The maximum absolute atomic E-state index is 11.6. The molecule has 0 fully saturated rings. The van der Waals surface area contributed by atoms with Crippen molar-refractivity contribution in [2.75, 3.05) is 11.9 Å². The second kappa shape index (κ2) is 5.61. The minimum atomic E-state index is -0.231. The summed E-state index contributed by atoms with van der Waals surface area (Å²) in [5, 5.41) is 6.90. The van der Waals surface area contributed by atoms with Crippen LogP contribution in [-0.4, -0.2) is 18.0 Å². The molecule has 94 valence electrons. The van der Waals surface area contributed by atoms with Crippen LogP contribution in [0.15, 0.2) is 18.2 Å². The molecule has 1 aromatic carbocycles. The van der Waals surface area contributed by atoms with Crippen LogP contribution in [0.1, 0.15) is 20.8 Å². The fourth-order valence-corrected chi connectivity index (χ4v) is 1.83. The van der Waals surface area contributed by atoms with E-state index in [0.29, 0.717) is 10.0 Å². The lowest BCUT2D eigenvalue weighted by Gasteiger charge is -2.20. The summed E-state index contributed by atoms with van der Waals surface area (Å²) >= 11 is 11.7. The minimum absolute atomic E-state index is 0.0754. The topological polar surface area (TPSA) is 41.1 Å². The standard InChI is InChI=1S/C12H16Cl2N2O/c1-12(2,3)16-11(17)7-15-10-5-8(13)4-9(14)6-10/h4-6,15H,7H2,1-3H3,(H,16,17). The number of rotatable bonds is 3. The van der Waals surface area contributed by atoms with Gasteiger partial charge >= 0.3 is 0 Å². The van der Waals surface area contributed by atoms with E-state index in [1.165, 1.54) is 0 Å². The van der Waals surface area contributed by atoms with Gasteiger partial charge in [0, 0.05) is 21.3 Å². The first-order valence-electron chi connectivity index (χ1n) is 5.27. The van der Waals surface area contributed by atoms with Gasteiger partial charge in [-0.3, -0.25) is 4.79 Å². The average molecular weight is 275 g/mol. The quantitative estimate of drug-likeness (QED) is 0.888. The normalized spacial score (nSPS) is 11.1. The van der Waals surface area contributed by atoms with Crippen LogP contribution in [0.3, 0.4) is 0 Å². The highest BCUT2D eigenvalue weighted by Gasteiger charge is 2.13. The minimum Gasteiger partial charge on any atom is -0.376 e. The highest BCUT2D eigenvalue weighted by molar-refractivity contribution is 6.35. The van der Waals surface area contributed by atoms with Gasteiger partial charge in [0.15, 0.2) is 0 Å². The van der Waals surface area contributed by atoms with Gasteiger partial charge < -0.3 is 10.6 Å². The van der Waals surface area contributed by atoms with Crippen molar-refractivity contribution < 1.29 is 4.79 Å². The molecule has 0 aliphatic carbocycles. The molecule has 0 spiro atoms. The van der Waals surface area contributed by atoms with Gasteiger partial charge in [-0.15, -0.1) is 0 Å². The van der Waals surface area contributed by atoms with Gasteiger partial charge in [-0.2, -0.15) is 0 Å². The van der Waals surface area contributed by atoms with Gasteiger partial charge in [0.25, 0.3) is 0 Å². The summed E-state index contributed by atoms with van der Waals surface area (Å²) in [6, 6.07) is 5.08. The fourth-order valence-electron chi connectivity index (χ4n) is 1.30. The number of halogens is 2. The number of hydrogen-bond donors (Lipinski definition) is 2. The highest BCUT2D eigenvalue weighted by Crippen LogP contribution is 2.22. The Bertz CT molecular complexity index is 393. The molecule has 0 aliphatic heterocycles. The molecule has 0 saturated carbocycles. The number of benzene rings is 1. The SMILES string of the molecule is CC(C)(C)NC(=O)CNc1cc(Cl)cc(Cl)c1. The molecule has 0 heterocycles. The van der Waals surface area contributed by atoms with Crippen LogP contribution in [0.25, 0.3) is 0 Å². The summed E-state index contributed by atoms with van der Waals surface area (Å²) in [7, 11) is 0. The maximum Gasteiger partial charge on any atom is 0.239 e. The Balaban J connectivity index is 2.53. The zero-order valence-electron chi connectivity index (χ0n) is 10.1. The summed E-state index contributed by atoms with van der Waals surface area (Å²) in [5.74, 6) is -0.0754. The van der Waals surface area contributed by atoms with Gasteiger partial charge in [0.1, 0.15) is 0 Å². The molecular formula is C12H16Cl2N2O. The Hall–Kier alpha value is -0.930. The Labute approximate surface area is 111 Å². The lowest BCUT2D eigenvalue weighted by molar-refractivity contribution is -0.120. The summed E-state index contributed by atoms with van der Waals surface area (Å²) < 4.78 is 0. The fraction of sp³-hybridized carbons (Fsp3) is 0.417. The second-order valence-corrected chi connectivity index (χ2v) is 5.68. The van der Waals surface area contributed by atoms with Crippen molar-refractivity contribution in [3.8, 4) is 0 Å². The van der Waals surface area contributed by atoms with Crippen LogP contribution in [0.2, 0.25) is 10.0 Å². The maximum atomic E-state index is 11.6. The van der Waals surface area contributed by atoms with Gasteiger partial charge in [-0.05, 0) is 39.0 Å². The van der Waals surface area contributed by atoms with Gasteiger partial charge in [0.2, 0.25) is 5.91 Å². The Morgan fingerprint density at radius 2 is 1.71 bits per heavy atom. The second-order valence-electron chi connectivity index (χ2n) is 4.81. The van der Waals surface area contributed by atoms with Crippen molar-refractivity contribution in [2.24, 2.45) is 0 Å². The lowest BCUT2D eigenvalue weighted by Crippen LogP contribution is -2.43. The van der Waals surface area contributed by atoms with Crippen LogP contribution >= 0.6 is 23.2 Å². The lowest BCUT2D eigenvalue weighted by atomic mass is 10.1. The largest absolute Gasteiger partial charge is 0.376 e. The molecule has 1 aromatic rings. The number of anilines is 1. The number of carbonyl (C=O) groups excluding carboxylic acids is 1. The third-order valence-electron chi connectivity index (χ3n) is 1.83. The summed E-state index contributed by atoms with van der Waals surface area (Å²) in [5.41, 5.74) is 0.497. The molecule has 17 heavy (non-hydrogen) atoms. The van der Waals surface area contributed by atoms with E-state index in [0.717, 1.165) is 5.69 Å². The van der Waals surface area contributed by atoms with E-state index in [1.54, 1.807) is 18.2 Å². The van der Waals surface area contributed by atoms with Crippen molar-refractivity contribution in [2.45, 2.75) is 26.3 Å². The molecule has 0 aliphatic rings. The monoisotopic (exact) mass is 274 g/mol. The zero-order chi connectivity index (χ0) is 13.1. The molecule has 1 rings (SSSR count). The van der Waals surface area contributed by atoms with E-state index in [-0.39, 0.29) is 18.0 Å². The first-order chi connectivity index (χ1) is 7.76.